The van der Waals surface area contributed by atoms with Crippen LogP contribution in [0.25, 0.3) is 0 Å². The molecule has 0 fully saturated rings. The van der Waals surface area contributed by atoms with E-state index in [4.69, 9.17) is 14.3 Å². The van der Waals surface area contributed by atoms with Crippen LogP contribution in [-0.2, 0) is 0 Å². The van der Waals surface area contributed by atoms with Crippen LogP contribution in [0.3, 0.4) is 0 Å². The van der Waals surface area contributed by atoms with Gasteiger partial charge in [0.15, 0.2) is 17.2 Å². The molecule has 0 bridgehead atoms. The highest BCUT2D eigenvalue weighted by atomic mass is 16.7. The average Bonchev–Trinajstić information content (AvgIpc) is 2.81. The van der Waals surface area contributed by atoms with Crippen molar-refractivity contribution < 1.29 is 14.3 Å². The van der Waals surface area contributed by atoms with Crippen molar-refractivity contribution in [2.45, 2.75) is 0 Å². The Kier molecular flexibility index (Phi) is 3.00. The van der Waals surface area contributed by atoms with Crippen LogP contribution in [0.15, 0.2) is 36.7 Å². The fourth-order valence-corrected chi connectivity index (χ4v) is 1.33. The van der Waals surface area contributed by atoms with Crippen LogP contribution in [0, 0.1) is 6.07 Å². The minimum absolute atomic E-state index is 0.635. The number of aromatic nitrogens is 1. The molecule has 0 N–H and O–H groups in total. The number of ether oxygens (including phenoxy) is 2. The van der Waals surface area contributed by atoms with Gasteiger partial charge >= 0.3 is 0 Å². The Morgan fingerprint density at radius 1 is 1.12 bits per heavy atom. The first kappa shape index (κ1) is 10.4. The third-order valence-electron chi connectivity index (χ3n) is 2.09. The summed E-state index contributed by atoms with van der Waals surface area (Å²) >= 11 is 0. The van der Waals surface area contributed by atoms with E-state index in [0.717, 1.165) is 0 Å². The molecule has 0 aliphatic heterocycles. The molecule has 1 aromatic heterocycles. The summed E-state index contributed by atoms with van der Waals surface area (Å²) in [7, 11) is 3.18. The molecular weight excluding hydrogens is 206 g/mol. The van der Waals surface area contributed by atoms with Gasteiger partial charge in [-0.25, -0.2) is 0 Å². The van der Waals surface area contributed by atoms with Gasteiger partial charge in [-0.1, -0.05) is 0 Å². The van der Waals surface area contributed by atoms with E-state index in [0.29, 0.717) is 17.2 Å². The van der Waals surface area contributed by atoms with Crippen molar-refractivity contribution in [2.75, 3.05) is 14.2 Å². The molecule has 16 heavy (non-hydrogen) atoms. The molecule has 0 aliphatic rings. The molecule has 0 amide bonds. The van der Waals surface area contributed by atoms with E-state index in [1.54, 1.807) is 55.6 Å². The second-order valence-electron chi connectivity index (χ2n) is 3.08. The van der Waals surface area contributed by atoms with Crippen molar-refractivity contribution in [3.63, 3.8) is 0 Å². The Hall–Kier alpha value is -2.10. The second-order valence-corrected chi connectivity index (χ2v) is 3.08. The molecule has 0 atom stereocenters. The van der Waals surface area contributed by atoms with Gasteiger partial charge in [0.1, 0.15) is 0 Å². The van der Waals surface area contributed by atoms with E-state index in [9.17, 15) is 0 Å². The van der Waals surface area contributed by atoms with E-state index in [-0.39, 0.29) is 0 Å². The standard InChI is InChI=1S/C12H12NO3/c1-14-11-6-5-10(9-12(11)15-2)16-13-7-3-4-8-13/h3,5-9H,1-2H3. The molecule has 2 aromatic rings. The molecule has 4 heteroatoms. The summed E-state index contributed by atoms with van der Waals surface area (Å²) in [4.78, 5) is 5.51. The molecule has 0 aliphatic carbocycles. The van der Waals surface area contributed by atoms with Crippen LogP contribution in [0.1, 0.15) is 0 Å². The summed E-state index contributed by atoms with van der Waals surface area (Å²) in [5, 5.41) is 0. The SMILES string of the molecule is COc1ccc(On2c[c]cc2)cc1OC. The monoisotopic (exact) mass is 218 g/mol. The van der Waals surface area contributed by atoms with Gasteiger partial charge in [0.2, 0.25) is 0 Å². The summed E-state index contributed by atoms with van der Waals surface area (Å²) in [5.74, 6) is 1.98. The Bertz CT molecular complexity index is 451. The number of hydrogen-bond donors (Lipinski definition) is 0. The Labute approximate surface area is 93.9 Å². The van der Waals surface area contributed by atoms with Crippen molar-refractivity contribution in [1.29, 1.82) is 0 Å². The molecular formula is C12H12NO3. The predicted octanol–water partition coefficient (Wildman–Crippen LogP) is 2.15. The largest absolute Gasteiger partial charge is 0.493 e. The average molecular weight is 218 g/mol. The van der Waals surface area contributed by atoms with Crippen LogP contribution in [-0.4, -0.2) is 19.0 Å². The molecule has 0 saturated carbocycles. The van der Waals surface area contributed by atoms with Crippen LogP contribution < -0.4 is 14.3 Å². The highest BCUT2D eigenvalue weighted by Gasteiger charge is 2.05. The molecule has 1 heterocycles. The summed E-state index contributed by atoms with van der Waals surface area (Å²) in [5.41, 5.74) is 0. The van der Waals surface area contributed by atoms with Crippen molar-refractivity contribution >= 4 is 0 Å². The van der Waals surface area contributed by atoms with Crippen LogP contribution in [0.5, 0.6) is 17.2 Å². The maximum atomic E-state index is 5.51. The number of methoxy groups -OCH3 is 2. The van der Waals surface area contributed by atoms with Gasteiger partial charge in [-0.15, -0.1) is 0 Å². The third-order valence-corrected chi connectivity index (χ3v) is 2.09. The minimum Gasteiger partial charge on any atom is -0.493 e. The van der Waals surface area contributed by atoms with Gasteiger partial charge in [-0.2, -0.15) is 4.73 Å². The van der Waals surface area contributed by atoms with E-state index < -0.39 is 0 Å². The smallest absolute Gasteiger partial charge is 0.164 e. The fraction of sp³-hybridized carbons (Fsp3) is 0.167. The van der Waals surface area contributed by atoms with Gasteiger partial charge in [0, 0.05) is 18.3 Å². The summed E-state index contributed by atoms with van der Waals surface area (Å²) in [6.07, 6.45) is 3.45. The normalized spacial score (nSPS) is 9.88. The Balaban J connectivity index is 2.22. The molecule has 2 rings (SSSR count). The van der Waals surface area contributed by atoms with Crippen molar-refractivity contribution in [2.24, 2.45) is 0 Å². The molecule has 1 radical (unpaired) electrons. The molecule has 0 spiro atoms. The lowest BCUT2D eigenvalue weighted by Crippen LogP contribution is -2.01. The first-order chi connectivity index (χ1) is 7.83. The van der Waals surface area contributed by atoms with E-state index in [2.05, 4.69) is 6.07 Å². The molecule has 83 valence electrons. The van der Waals surface area contributed by atoms with Crippen molar-refractivity contribution in [3.8, 4) is 17.2 Å². The number of rotatable bonds is 4. The summed E-state index contributed by atoms with van der Waals surface area (Å²) in [6, 6.07) is 10.0. The van der Waals surface area contributed by atoms with E-state index >= 15 is 0 Å². The van der Waals surface area contributed by atoms with Crippen LogP contribution >= 0.6 is 0 Å². The molecule has 0 unspecified atom stereocenters. The van der Waals surface area contributed by atoms with E-state index in [1.165, 1.54) is 0 Å². The highest BCUT2D eigenvalue weighted by Crippen LogP contribution is 2.30. The molecule has 0 saturated heterocycles. The van der Waals surface area contributed by atoms with Gasteiger partial charge in [0.25, 0.3) is 0 Å². The lowest BCUT2D eigenvalue weighted by molar-refractivity contribution is 0.215. The zero-order chi connectivity index (χ0) is 11.4. The maximum absolute atomic E-state index is 5.51. The molecule has 4 nitrogen and oxygen atoms in total. The van der Waals surface area contributed by atoms with Crippen LogP contribution in [0.2, 0.25) is 0 Å². The first-order valence-corrected chi connectivity index (χ1v) is 4.78. The Morgan fingerprint density at radius 2 is 1.94 bits per heavy atom. The zero-order valence-corrected chi connectivity index (χ0v) is 9.14. The van der Waals surface area contributed by atoms with Gasteiger partial charge < -0.3 is 14.3 Å². The third kappa shape index (κ3) is 2.11. The quantitative estimate of drug-likeness (QED) is 0.788. The number of hydrogen-bond acceptors (Lipinski definition) is 3. The second kappa shape index (κ2) is 4.61. The maximum Gasteiger partial charge on any atom is 0.164 e. The number of benzene rings is 1. The zero-order valence-electron chi connectivity index (χ0n) is 9.14. The highest BCUT2D eigenvalue weighted by molar-refractivity contribution is 5.45. The predicted molar refractivity (Wildman–Crippen MR) is 58.8 cm³/mol. The lowest BCUT2D eigenvalue weighted by atomic mass is 10.3. The summed E-state index contributed by atoms with van der Waals surface area (Å²) < 4.78 is 11.9. The summed E-state index contributed by atoms with van der Waals surface area (Å²) in [6.45, 7) is 0. The lowest BCUT2D eigenvalue weighted by Gasteiger charge is -2.10. The first-order valence-electron chi connectivity index (χ1n) is 4.78. The van der Waals surface area contributed by atoms with Crippen molar-refractivity contribution in [3.05, 3.63) is 42.7 Å². The van der Waals surface area contributed by atoms with Gasteiger partial charge in [-0.3, -0.25) is 0 Å². The topological polar surface area (TPSA) is 32.6 Å². The fourth-order valence-electron chi connectivity index (χ4n) is 1.33. The van der Waals surface area contributed by atoms with Crippen molar-refractivity contribution in [1.82, 2.24) is 4.73 Å². The van der Waals surface area contributed by atoms with E-state index in [1.807, 2.05) is 0 Å². The Morgan fingerprint density at radius 3 is 2.56 bits per heavy atom. The van der Waals surface area contributed by atoms with Gasteiger partial charge in [-0.05, 0) is 18.2 Å². The minimum atomic E-state index is 0.635. The van der Waals surface area contributed by atoms with Gasteiger partial charge in [0.05, 0.1) is 20.4 Å². The molecule has 1 aromatic carbocycles. The van der Waals surface area contributed by atoms with Crippen LogP contribution in [0.4, 0.5) is 0 Å². The number of nitrogens with zero attached hydrogens (tertiary/aromatic N) is 1.